The van der Waals surface area contributed by atoms with Crippen LogP contribution in [0.1, 0.15) is 11.6 Å². The average Bonchev–Trinajstić information content (AvgIpc) is 2.25. The lowest BCUT2D eigenvalue weighted by Crippen LogP contribution is -2.39. The van der Waals surface area contributed by atoms with Gasteiger partial charge in [0.1, 0.15) is 5.75 Å². The summed E-state index contributed by atoms with van der Waals surface area (Å²) in [5.74, 6) is -0.486. The second-order valence-electron chi connectivity index (χ2n) is 3.51. The van der Waals surface area contributed by atoms with Gasteiger partial charge in [-0.1, -0.05) is 0 Å². The van der Waals surface area contributed by atoms with E-state index in [2.05, 4.69) is 0 Å². The van der Waals surface area contributed by atoms with Gasteiger partial charge in [-0.15, -0.1) is 12.4 Å². The molecule has 0 bridgehead atoms. The Balaban J connectivity index is 0.00000324. The molecule has 0 spiro atoms. The number of benzene rings is 1. The lowest BCUT2D eigenvalue weighted by molar-refractivity contribution is -0.386. The molecule has 0 unspecified atom stereocenters. The zero-order valence-electron chi connectivity index (χ0n) is 9.16. The SMILES string of the molecule is Cl.N[C@@H](c1cc(O)ccc1[N+](=O)[O-])[C@H](O)C(F)(F)F. The first kappa shape index (κ1) is 17.4. The average molecular weight is 303 g/mol. The predicted molar refractivity (Wildman–Crippen MR) is 61.0 cm³/mol. The Hall–Kier alpha value is -1.58. The molecule has 0 saturated carbocycles. The van der Waals surface area contributed by atoms with E-state index in [-0.39, 0.29) is 12.4 Å². The van der Waals surface area contributed by atoms with Crippen LogP contribution >= 0.6 is 12.4 Å². The van der Waals surface area contributed by atoms with E-state index < -0.39 is 40.2 Å². The lowest BCUT2D eigenvalue weighted by Gasteiger charge is -2.21. The van der Waals surface area contributed by atoms with Crippen LogP contribution in [-0.4, -0.2) is 27.4 Å². The van der Waals surface area contributed by atoms with Crippen molar-refractivity contribution in [2.24, 2.45) is 5.73 Å². The van der Waals surface area contributed by atoms with Gasteiger partial charge in [0, 0.05) is 6.07 Å². The molecule has 1 aromatic carbocycles. The van der Waals surface area contributed by atoms with Crippen LogP contribution in [0.3, 0.4) is 0 Å². The molecule has 0 aliphatic carbocycles. The molecule has 0 amide bonds. The summed E-state index contributed by atoms with van der Waals surface area (Å²) >= 11 is 0. The zero-order valence-corrected chi connectivity index (χ0v) is 9.98. The van der Waals surface area contributed by atoms with Crippen molar-refractivity contribution in [3.8, 4) is 5.75 Å². The number of nitro groups is 1. The van der Waals surface area contributed by atoms with Gasteiger partial charge in [-0.3, -0.25) is 10.1 Å². The fraction of sp³-hybridized carbons (Fsp3) is 0.333. The highest BCUT2D eigenvalue weighted by molar-refractivity contribution is 5.85. The maximum atomic E-state index is 12.3. The number of nitro benzene ring substituents is 1. The smallest absolute Gasteiger partial charge is 0.416 e. The molecule has 0 aliphatic rings. The number of nitrogens with two attached hydrogens (primary N) is 1. The first-order chi connectivity index (χ1) is 8.14. The molecule has 6 nitrogen and oxygen atoms in total. The number of hydrogen-bond donors (Lipinski definition) is 3. The van der Waals surface area contributed by atoms with Gasteiger partial charge in [0.25, 0.3) is 5.69 Å². The summed E-state index contributed by atoms with van der Waals surface area (Å²) in [5.41, 5.74) is 3.85. The molecule has 0 heterocycles. The van der Waals surface area contributed by atoms with Crippen LogP contribution in [-0.2, 0) is 0 Å². The van der Waals surface area contributed by atoms with Gasteiger partial charge in [-0.05, 0) is 12.1 Å². The first-order valence-corrected chi connectivity index (χ1v) is 4.62. The Bertz CT molecular complexity index is 469. The van der Waals surface area contributed by atoms with E-state index in [9.17, 15) is 23.3 Å². The molecule has 0 aromatic heterocycles. The largest absolute Gasteiger partial charge is 0.508 e. The predicted octanol–water partition coefficient (Wildman–Crippen LogP) is 1.65. The summed E-state index contributed by atoms with van der Waals surface area (Å²) in [6, 6.07) is 0.414. The number of aromatic hydroxyl groups is 1. The number of rotatable bonds is 3. The Labute approximate surface area is 111 Å². The number of nitrogens with zero attached hydrogens (tertiary/aromatic N) is 1. The van der Waals surface area contributed by atoms with E-state index >= 15 is 0 Å². The lowest BCUT2D eigenvalue weighted by atomic mass is 10.00. The van der Waals surface area contributed by atoms with E-state index in [1.807, 2.05) is 0 Å². The van der Waals surface area contributed by atoms with Crippen LogP contribution in [0.15, 0.2) is 18.2 Å². The second-order valence-corrected chi connectivity index (χ2v) is 3.51. The van der Waals surface area contributed by atoms with Gasteiger partial charge in [-0.25, -0.2) is 0 Å². The molecule has 0 radical (unpaired) electrons. The third-order valence-electron chi connectivity index (χ3n) is 2.24. The number of alkyl halides is 3. The standard InChI is InChI=1S/C9H9F3N2O4.ClH/c10-9(11,12)8(16)7(13)5-3-4(15)1-2-6(5)14(17)18;/h1-3,7-8,15-16H,13H2;1H/t7-,8-;/m0./s1. The van der Waals surface area contributed by atoms with Crippen molar-refractivity contribution >= 4 is 18.1 Å². The van der Waals surface area contributed by atoms with Gasteiger partial charge in [0.05, 0.1) is 16.5 Å². The summed E-state index contributed by atoms with van der Waals surface area (Å²) in [6.07, 6.45) is -7.98. The molecular formula is C9H10ClF3N2O4. The summed E-state index contributed by atoms with van der Waals surface area (Å²) < 4.78 is 36.8. The zero-order chi connectivity index (χ0) is 14.1. The molecule has 4 N–H and O–H groups in total. The minimum atomic E-state index is -5.02. The molecule has 1 aromatic rings. The van der Waals surface area contributed by atoms with Crippen molar-refractivity contribution < 1.29 is 28.3 Å². The van der Waals surface area contributed by atoms with E-state index in [0.29, 0.717) is 0 Å². The highest BCUT2D eigenvalue weighted by Gasteiger charge is 2.44. The van der Waals surface area contributed by atoms with Crippen LogP contribution in [0, 0.1) is 10.1 Å². The summed E-state index contributed by atoms with van der Waals surface area (Å²) in [5, 5.41) is 28.7. The molecule has 0 saturated heterocycles. The monoisotopic (exact) mass is 302 g/mol. The molecule has 19 heavy (non-hydrogen) atoms. The number of aliphatic hydroxyl groups is 1. The normalized spacial score (nSPS) is 14.4. The quantitative estimate of drug-likeness (QED) is 0.581. The number of hydrogen-bond acceptors (Lipinski definition) is 5. The minimum Gasteiger partial charge on any atom is -0.508 e. The highest BCUT2D eigenvalue weighted by atomic mass is 35.5. The van der Waals surface area contributed by atoms with Crippen LogP contribution in [0.4, 0.5) is 18.9 Å². The maximum absolute atomic E-state index is 12.3. The maximum Gasteiger partial charge on any atom is 0.416 e. The van der Waals surface area contributed by atoms with Crippen LogP contribution in [0.25, 0.3) is 0 Å². The molecular weight excluding hydrogens is 293 g/mol. The van der Waals surface area contributed by atoms with E-state index in [4.69, 9.17) is 15.9 Å². The van der Waals surface area contributed by atoms with E-state index in [1.165, 1.54) is 0 Å². The van der Waals surface area contributed by atoms with E-state index in [0.717, 1.165) is 18.2 Å². The number of halogens is 4. The van der Waals surface area contributed by atoms with Gasteiger partial charge >= 0.3 is 6.18 Å². The minimum absolute atomic E-state index is 0. The van der Waals surface area contributed by atoms with Gasteiger partial charge in [0.2, 0.25) is 0 Å². The molecule has 1 rings (SSSR count). The molecule has 10 heteroatoms. The van der Waals surface area contributed by atoms with Crippen LogP contribution in [0.2, 0.25) is 0 Å². The van der Waals surface area contributed by atoms with Crippen LogP contribution < -0.4 is 5.73 Å². The van der Waals surface area contributed by atoms with Crippen molar-refractivity contribution in [1.29, 1.82) is 0 Å². The van der Waals surface area contributed by atoms with Crippen molar-refractivity contribution in [2.75, 3.05) is 0 Å². The van der Waals surface area contributed by atoms with Crippen molar-refractivity contribution in [3.63, 3.8) is 0 Å². The fourth-order valence-electron chi connectivity index (χ4n) is 1.35. The third kappa shape index (κ3) is 3.94. The molecule has 108 valence electrons. The molecule has 0 fully saturated rings. The molecule has 2 atom stereocenters. The van der Waals surface area contributed by atoms with Crippen molar-refractivity contribution in [1.82, 2.24) is 0 Å². The van der Waals surface area contributed by atoms with Crippen molar-refractivity contribution in [2.45, 2.75) is 18.3 Å². The van der Waals surface area contributed by atoms with Gasteiger partial charge in [-0.2, -0.15) is 13.2 Å². The second kappa shape index (κ2) is 6.04. The Morgan fingerprint density at radius 2 is 1.89 bits per heavy atom. The fourth-order valence-corrected chi connectivity index (χ4v) is 1.35. The summed E-state index contributed by atoms with van der Waals surface area (Å²) in [6.45, 7) is 0. The third-order valence-corrected chi connectivity index (χ3v) is 2.24. The van der Waals surface area contributed by atoms with E-state index in [1.54, 1.807) is 0 Å². The van der Waals surface area contributed by atoms with Crippen molar-refractivity contribution in [3.05, 3.63) is 33.9 Å². The Kier molecular flexibility index (Phi) is 5.54. The Morgan fingerprint density at radius 3 is 2.32 bits per heavy atom. The number of phenolic OH excluding ortho intramolecular Hbond substituents is 1. The van der Waals surface area contributed by atoms with Gasteiger partial charge < -0.3 is 15.9 Å². The van der Waals surface area contributed by atoms with Gasteiger partial charge in [0.15, 0.2) is 6.10 Å². The number of aliphatic hydroxyl groups excluding tert-OH is 1. The summed E-state index contributed by atoms with van der Waals surface area (Å²) in [4.78, 5) is 9.67. The topological polar surface area (TPSA) is 110 Å². The summed E-state index contributed by atoms with van der Waals surface area (Å²) in [7, 11) is 0. The number of phenols is 1. The highest BCUT2D eigenvalue weighted by Crippen LogP contribution is 2.34. The Morgan fingerprint density at radius 1 is 1.37 bits per heavy atom. The van der Waals surface area contributed by atoms with Crippen LogP contribution in [0.5, 0.6) is 5.75 Å². The molecule has 0 aliphatic heterocycles. The first-order valence-electron chi connectivity index (χ1n) is 4.62.